The van der Waals surface area contributed by atoms with Crippen LogP contribution in [0, 0.1) is 5.92 Å². The van der Waals surface area contributed by atoms with Crippen molar-refractivity contribution in [2.24, 2.45) is 5.92 Å². The maximum Gasteiger partial charge on any atom is 0.335 e. The van der Waals surface area contributed by atoms with E-state index < -0.39 is 61.5 Å². The second-order valence-electron chi connectivity index (χ2n) is 6.51. The Labute approximate surface area is 152 Å². The summed E-state index contributed by atoms with van der Waals surface area (Å²) >= 11 is 0. The van der Waals surface area contributed by atoms with Gasteiger partial charge in [-0.05, 0) is 12.8 Å². The number of aliphatic hydroxyl groups excluding tert-OH is 4. The van der Waals surface area contributed by atoms with Gasteiger partial charge in [0.1, 0.15) is 24.4 Å². The fraction of sp³-hybridized carbons (Fsp3) is 0.625. The van der Waals surface area contributed by atoms with Crippen molar-refractivity contribution < 1.29 is 54.4 Å². The summed E-state index contributed by atoms with van der Waals surface area (Å²) < 4.78 is 16.0. The predicted octanol–water partition coefficient (Wildman–Crippen LogP) is -2.08. The Morgan fingerprint density at radius 3 is 2.41 bits per heavy atom. The van der Waals surface area contributed by atoms with E-state index in [2.05, 4.69) is 0 Å². The Morgan fingerprint density at radius 2 is 1.81 bits per heavy atom. The fourth-order valence-corrected chi connectivity index (χ4v) is 3.56. The van der Waals surface area contributed by atoms with Crippen LogP contribution >= 0.6 is 0 Å². The summed E-state index contributed by atoms with van der Waals surface area (Å²) in [5, 5.41) is 57.6. The van der Waals surface area contributed by atoms with E-state index >= 15 is 0 Å². The fourth-order valence-electron chi connectivity index (χ4n) is 3.56. The van der Waals surface area contributed by atoms with Crippen molar-refractivity contribution in [3.63, 3.8) is 0 Å². The third-order valence-electron chi connectivity index (χ3n) is 4.97. The molecule has 3 aliphatic rings. The van der Waals surface area contributed by atoms with Gasteiger partial charge < -0.3 is 44.8 Å². The van der Waals surface area contributed by atoms with Gasteiger partial charge in [0.2, 0.25) is 6.29 Å². The highest BCUT2D eigenvalue weighted by Gasteiger charge is 2.48. The number of fused-ring (bicyclic) bond motifs is 1. The third-order valence-corrected chi connectivity index (χ3v) is 4.97. The quantitative estimate of drug-likeness (QED) is 0.304. The summed E-state index contributed by atoms with van der Waals surface area (Å²) in [4.78, 5) is 22.9. The minimum absolute atomic E-state index is 0.0542. The van der Waals surface area contributed by atoms with E-state index in [1.165, 1.54) is 0 Å². The molecular weight excluding hydrogens is 368 g/mol. The Hall–Kier alpha value is -2.02. The van der Waals surface area contributed by atoms with E-state index in [1.54, 1.807) is 0 Å². The second-order valence-corrected chi connectivity index (χ2v) is 6.51. The lowest BCUT2D eigenvalue weighted by Gasteiger charge is -2.41. The van der Waals surface area contributed by atoms with E-state index in [4.69, 9.17) is 14.2 Å². The van der Waals surface area contributed by atoms with Crippen molar-refractivity contribution in [1.82, 2.24) is 0 Å². The van der Waals surface area contributed by atoms with Crippen LogP contribution in [0.5, 0.6) is 0 Å². The Balaban J connectivity index is 1.88. The first kappa shape index (κ1) is 19.7. The van der Waals surface area contributed by atoms with E-state index in [-0.39, 0.29) is 29.6 Å². The second kappa shape index (κ2) is 7.54. The van der Waals surface area contributed by atoms with Crippen LogP contribution in [0.15, 0.2) is 23.0 Å². The van der Waals surface area contributed by atoms with Crippen molar-refractivity contribution in [1.29, 1.82) is 0 Å². The molecule has 0 radical (unpaired) electrons. The summed E-state index contributed by atoms with van der Waals surface area (Å²) in [5.41, 5.74) is -0.0734. The number of carboxylic acids is 2. The van der Waals surface area contributed by atoms with Crippen LogP contribution in [0.1, 0.15) is 12.8 Å². The smallest absolute Gasteiger partial charge is 0.335 e. The lowest BCUT2D eigenvalue weighted by molar-refractivity contribution is -0.327. The van der Waals surface area contributed by atoms with Gasteiger partial charge in [0, 0.05) is 17.1 Å². The molecular formula is C16H20O11. The van der Waals surface area contributed by atoms with Gasteiger partial charge in [0.15, 0.2) is 6.29 Å². The summed E-state index contributed by atoms with van der Waals surface area (Å²) in [6, 6.07) is 0. The van der Waals surface area contributed by atoms with Crippen molar-refractivity contribution in [2.75, 3.05) is 6.61 Å². The Kier molecular flexibility index (Phi) is 5.51. The molecule has 0 amide bonds. The summed E-state index contributed by atoms with van der Waals surface area (Å²) in [6.45, 7) is -0.662. The number of rotatable bonds is 5. The van der Waals surface area contributed by atoms with Gasteiger partial charge in [-0.15, -0.1) is 0 Å². The first-order valence-corrected chi connectivity index (χ1v) is 8.27. The van der Waals surface area contributed by atoms with Gasteiger partial charge in [-0.2, -0.15) is 0 Å². The van der Waals surface area contributed by atoms with Crippen LogP contribution in [0.3, 0.4) is 0 Å². The van der Waals surface area contributed by atoms with Gasteiger partial charge in [-0.3, -0.25) is 0 Å². The molecule has 6 N–H and O–H groups in total. The molecule has 0 aromatic rings. The molecule has 0 unspecified atom stereocenters. The molecule has 0 saturated carbocycles. The molecule has 11 heteroatoms. The molecule has 0 spiro atoms. The molecule has 7 atom stereocenters. The number of aliphatic carboxylic acids is 2. The molecule has 3 rings (SSSR count). The number of aliphatic hydroxyl groups is 4. The molecule has 0 aromatic heterocycles. The first-order valence-electron chi connectivity index (χ1n) is 8.27. The molecule has 1 fully saturated rings. The zero-order valence-corrected chi connectivity index (χ0v) is 14.0. The van der Waals surface area contributed by atoms with Gasteiger partial charge >= 0.3 is 11.9 Å². The lowest BCUT2D eigenvalue weighted by Crippen LogP contribution is -2.60. The van der Waals surface area contributed by atoms with Crippen LogP contribution in [-0.4, -0.2) is 86.2 Å². The number of hydrogen-bond acceptors (Lipinski definition) is 9. The number of hydrogen-bond donors (Lipinski definition) is 6. The Bertz CT molecular complexity index is 682. The van der Waals surface area contributed by atoms with Gasteiger partial charge in [-0.25, -0.2) is 9.59 Å². The largest absolute Gasteiger partial charge is 0.478 e. The van der Waals surface area contributed by atoms with Gasteiger partial charge in [-0.1, -0.05) is 0 Å². The molecule has 1 saturated heterocycles. The van der Waals surface area contributed by atoms with Gasteiger partial charge in [0.25, 0.3) is 0 Å². The van der Waals surface area contributed by atoms with Gasteiger partial charge in [0.05, 0.1) is 18.4 Å². The van der Waals surface area contributed by atoms with Crippen LogP contribution in [0.2, 0.25) is 0 Å². The van der Waals surface area contributed by atoms with Crippen LogP contribution < -0.4 is 0 Å². The average molecular weight is 388 g/mol. The molecule has 1 aliphatic carbocycles. The van der Waals surface area contributed by atoms with E-state index in [9.17, 15) is 40.2 Å². The number of carboxylic acid groups (broad SMARTS) is 2. The summed E-state index contributed by atoms with van der Waals surface area (Å²) in [7, 11) is 0. The molecule has 2 heterocycles. The van der Waals surface area contributed by atoms with Crippen LogP contribution in [0.4, 0.5) is 0 Å². The summed E-state index contributed by atoms with van der Waals surface area (Å²) in [6.07, 6.45) is -7.78. The maximum absolute atomic E-state index is 11.5. The Morgan fingerprint density at radius 1 is 1.11 bits per heavy atom. The molecule has 2 aliphatic heterocycles. The van der Waals surface area contributed by atoms with Crippen LogP contribution in [-0.2, 0) is 23.8 Å². The predicted molar refractivity (Wildman–Crippen MR) is 82.8 cm³/mol. The topological polar surface area (TPSA) is 183 Å². The molecule has 27 heavy (non-hydrogen) atoms. The van der Waals surface area contributed by atoms with E-state index in [1.807, 2.05) is 0 Å². The lowest BCUT2D eigenvalue weighted by atomic mass is 9.90. The zero-order valence-electron chi connectivity index (χ0n) is 14.0. The van der Waals surface area contributed by atoms with E-state index in [0.717, 1.165) is 6.26 Å². The van der Waals surface area contributed by atoms with Crippen molar-refractivity contribution in [3.8, 4) is 0 Å². The van der Waals surface area contributed by atoms with Crippen LogP contribution in [0.25, 0.3) is 0 Å². The number of ether oxygens (including phenoxy) is 3. The highest BCUT2D eigenvalue weighted by molar-refractivity contribution is 5.92. The molecule has 0 bridgehead atoms. The summed E-state index contributed by atoms with van der Waals surface area (Å²) in [5.74, 6) is -3.24. The minimum atomic E-state index is -1.70. The SMILES string of the molecule is O=C(O)C1=CO[C@@H](O[C@@H]2O[C@H](CO)[C@H](O)[C@H](O)[C@H]2O)C2=C(C(=O)O)CC[C@H]12. The molecule has 0 aromatic carbocycles. The van der Waals surface area contributed by atoms with Crippen molar-refractivity contribution in [3.05, 3.63) is 23.0 Å². The average Bonchev–Trinajstić information content (AvgIpc) is 3.07. The first-order chi connectivity index (χ1) is 12.8. The molecule has 11 nitrogen and oxygen atoms in total. The minimum Gasteiger partial charge on any atom is -0.478 e. The highest BCUT2D eigenvalue weighted by Crippen LogP contribution is 2.43. The maximum atomic E-state index is 11.5. The standard InChI is InChI=1S/C16H20O11/c17-3-8-10(18)11(19)12(20)16(26-8)27-15-9-5(1-2-6(9)13(21)22)7(4-25-15)14(23)24/h4-5,8,10-12,15-20H,1-3H2,(H,21,22)(H,23,24)/t5-,8-,10+,11+,12-,15+,16+/m1/s1. The third kappa shape index (κ3) is 3.45. The van der Waals surface area contributed by atoms with Crippen molar-refractivity contribution in [2.45, 2.75) is 49.8 Å². The monoisotopic (exact) mass is 388 g/mol. The zero-order chi connectivity index (χ0) is 19.9. The van der Waals surface area contributed by atoms with Crippen molar-refractivity contribution >= 4 is 11.9 Å². The van der Waals surface area contributed by atoms with E-state index in [0.29, 0.717) is 0 Å². The normalized spacial score (nSPS) is 38.8. The number of carbonyl (C=O) groups is 2. The highest BCUT2D eigenvalue weighted by atomic mass is 16.8. The molecule has 150 valence electrons.